The fraction of sp³-hybridized carbons (Fsp3) is 0.462. The van der Waals surface area contributed by atoms with Crippen LogP contribution in [0.25, 0.3) is 0 Å². The minimum atomic E-state index is -1.45. The molecule has 8 heteroatoms. The number of carbonyl (C=O) groups excluding carboxylic acids is 1. The first-order valence-corrected chi connectivity index (χ1v) is 16.2. The number of ether oxygens (including phenoxy) is 7. The zero-order valence-corrected chi connectivity index (χ0v) is 28.6. The molecule has 4 atom stereocenters. The molecule has 0 aliphatic carbocycles. The van der Waals surface area contributed by atoms with Crippen LogP contribution in [-0.2, 0) is 48.3 Å². The van der Waals surface area contributed by atoms with Crippen molar-refractivity contribution in [2.45, 2.75) is 84.0 Å². The van der Waals surface area contributed by atoms with Crippen molar-refractivity contribution in [1.29, 1.82) is 0 Å². The Kier molecular flexibility index (Phi) is 13.6. The van der Waals surface area contributed by atoms with Crippen molar-refractivity contribution in [3.05, 3.63) is 108 Å². The van der Waals surface area contributed by atoms with E-state index in [9.17, 15) is 4.79 Å². The van der Waals surface area contributed by atoms with Gasteiger partial charge < -0.3 is 33.2 Å². The summed E-state index contributed by atoms with van der Waals surface area (Å²) >= 11 is 0. The van der Waals surface area contributed by atoms with Gasteiger partial charge in [0.2, 0.25) is 5.79 Å². The molecule has 1 saturated heterocycles. The van der Waals surface area contributed by atoms with Crippen LogP contribution in [0, 0.1) is 5.41 Å². The molecule has 3 aromatic rings. The van der Waals surface area contributed by atoms with Crippen molar-refractivity contribution in [3.8, 4) is 11.5 Å². The van der Waals surface area contributed by atoms with Gasteiger partial charge in [-0.3, -0.25) is 4.79 Å². The van der Waals surface area contributed by atoms with E-state index in [-0.39, 0.29) is 24.1 Å². The molecule has 0 saturated carbocycles. The highest BCUT2D eigenvalue weighted by Gasteiger charge is 2.55. The summed E-state index contributed by atoms with van der Waals surface area (Å²) in [6.45, 7) is 7.65. The van der Waals surface area contributed by atoms with Gasteiger partial charge in [-0.05, 0) is 54.3 Å². The zero-order valence-electron chi connectivity index (χ0n) is 28.6. The number of hydrogen-bond donors (Lipinski definition) is 0. The van der Waals surface area contributed by atoms with Crippen LogP contribution in [-0.4, -0.2) is 57.8 Å². The molecule has 8 nitrogen and oxygen atoms in total. The van der Waals surface area contributed by atoms with Crippen molar-refractivity contribution in [3.63, 3.8) is 0 Å². The van der Waals surface area contributed by atoms with Crippen LogP contribution in [0.1, 0.15) is 56.7 Å². The fourth-order valence-corrected chi connectivity index (χ4v) is 5.83. The van der Waals surface area contributed by atoms with Gasteiger partial charge in [0.1, 0.15) is 11.5 Å². The average molecular weight is 647 g/mol. The van der Waals surface area contributed by atoms with Crippen LogP contribution in [0.3, 0.4) is 0 Å². The minimum absolute atomic E-state index is 0.0749. The SMILES string of the molecule is COc1ccc(COC/C=C/C(C)(C)[C@]2(OC)O[C@H](C[C@@H](OCc3ccc(OC)cc3)C(C)OCc3ccccc3)CCC2=O)cc1. The van der Waals surface area contributed by atoms with Gasteiger partial charge >= 0.3 is 0 Å². The number of Topliss-reactive ketones (excluding diaryl/α,β-unsaturated/α-hetero) is 1. The molecular formula is C39H50O8. The van der Waals surface area contributed by atoms with E-state index < -0.39 is 11.2 Å². The van der Waals surface area contributed by atoms with E-state index in [1.54, 1.807) is 21.3 Å². The summed E-state index contributed by atoms with van der Waals surface area (Å²) in [4.78, 5) is 13.5. The van der Waals surface area contributed by atoms with Crippen LogP contribution in [0.2, 0.25) is 0 Å². The van der Waals surface area contributed by atoms with Crippen LogP contribution in [0.4, 0.5) is 0 Å². The molecule has 1 heterocycles. The van der Waals surface area contributed by atoms with Crippen LogP contribution in [0.15, 0.2) is 91.0 Å². The maximum atomic E-state index is 13.5. The first kappa shape index (κ1) is 36.3. The number of hydrogen-bond acceptors (Lipinski definition) is 8. The topological polar surface area (TPSA) is 81.7 Å². The molecule has 1 aliphatic rings. The third-order valence-electron chi connectivity index (χ3n) is 8.70. The summed E-state index contributed by atoms with van der Waals surface area (Å²) < 4.78 is 41.8. The lowest BCUT2D eigenvalue weighted by Crippen LogP contribution is -2.59. The Hall–Kier alpha value is -3.53. The van der Waals surface area contributed by atoms with E-state index in [4.69, 9.17) is 33.2 Å². The molecule has 1 unspecified atom stereocenters. The smallest absolute Gasteiger partial charge is 0.237 e. The van der Waals surface area contributed by atoms with Crippen molar-refractivity contribution in [2.24, 2.45) is 5.41 Å². The summed E-state index contributed by atoms with van der Waals surface area (Å²) in [5.41, 5.74) is 2.40. The molecule has 0 aromatic heterocycles. The van der Waals surface area contributed by atoms with Crippen LogP contribution < -0.4 is 9.47 Å². The normalized spacial score (nSPS) is 19.9. The molecule has 1 aliphatic heterocycles. The highest BCUT2D eigenvalue weighted by atomic mass is 16.7. The summed E-state index contributed by atoms with van der Waals surface area (Å²) in [5.74, 6) is 0.0764. The first-order chi connectivity index (χ1) is 22.7. The molecule has 3 aromatic carbocycles. The number of ketones is 1. The van der Waals surface area contributed by atoms with E-state index in [0.29, 0.717) is 45.7 Å². The monoisotopic (exact) mass is 646 g/mol. The number of methoxy groups -OCH3 is 3. The summed E-state index contributed by atoms with van der Waals surface area (Å²) in [6, 6.07) is 25.7. The van der Waals surface area contributed by atoms with Crippen molar-refractivity contribution >= 4 is 5.78 Å². The van der Waals surface area contributed by atoms with E-state index in [1.807, 2.05) is 112 Å². The second kappa shape index (κ2) is 17.6. The molecular weight excluding hydrogens is 596 g/mol. The zero-order chi connectivity index (χ0) is 33.7. The Labute approximate surface area is 279 Å². The Balaban J connectivity index is 1.42. The number of rotatable bonds is 18. The van der Waals surface area contributed by atoms with E-state index >= 15 is 0 Å². The Morgan fingerprint density at radius 2 is 1.40 bits per heavy atom. The van der Waals surface area contributed by atoms with E-state index in [2.05, 4.69) is 0 Å². The number of carbonyl (C=O) groups is 1. The third-order valence-corrected chi connectivity index (χ3v) is 8.70. The minimum Gasteiger partial charge on any atom is -0.497 e. The Morgan fingerprint density at radius 1 is 0.830 bits per heavy atom. The van der Waals surface area contributed by atoms with Gasteiger partial charge in [0.25, 0.3) is 0 Å². The lowest BCUT2D eigenvalue weighted by atomic mass is 9.77. The van der Waals surface area contributed by atoms with Gasteiger partial charge in [-0.2, -0.15) is 0 Å². The van der Waals surface area contributed by atoms with E-state index in [1.165, 1.54) is 0 Å². The van der Waals surface area contributed by atoms with Crippen LogP contribution in [0.5, 0.6) is 11.5 Å². The average Bonchev–Trinajstić information content (AvgIpc) is 3.10. The van der Waals surface area contributed by atoms with Crippen LogP contribution >= 0.6 is 0 Å². The van der Waals surface area contributed by atoms with Gasteiger partial charge in [0.05, 0.1) is 59.0 Å². The summed E-state index contributed by atoms with van der Waals surface area (Å²) in [7, 11) is 4.84. The van der Waals surface area contributed by atoms with Gasteiger partial charge in [-0.25, -0.2) is 0 Å². The quantitative estimate of drug-likeness (QED) is 0.104. The van der Waals surface area contributed by atoms with Crippen molar-refractivity contribution in [1.82, 2.24) is 0 Å². The van der Waals surface area contributed by atoms with Gasteiger partial charge in [0, 0.05) is 25.4 Å². The fourth-order valence-electron chi connectivity index (χ4n) is 5.83. The predicted octanol–water partition coefficient (Wildman–Crippen LogP) is 7.47. The molecule has 4 rings (SSSR count). The highest BCUT2D eigenvalue weighted by molar-refractivity contribution is 5.87. The molecule has 1 fully saturated rings. The molecule has 254 valence electrons. The Morgan fingerprint density at radius 3 is 2.00 bits per heavy atom. The summed E-state index contributed by atoms with van der Waals surface area (Å²) in [6.07, 6.45) is 4.52. The molecule has 0 spiro atoms. The Bertz CT molecular complexity index is 1390. The van der Waals surface area contributed by atoms with Gasteiger partial charge in [-0.15, -0.1) is 0 Å². The second-order valence-corrected chi connectivity index (χ2v) is 12.4. The van der Waals surface area contributed by atoms with E-state index in [0.717, 1.165) is 28.2 Å². The molecule has 47 heavy (non-hydrogen) atoms. The van der Waals surface area contributed by atoms with Gasteiger partial charge in [-0.1, -0.05) is 80.6 Å². The predicted molar refractivity (Wildman–Crippen MR) is 181 cm³/mol. The van der Waals surface area contributed by atoms with Gasteiger partial charge in [0.15, 0.2) is 5.78 Å². The van der Waals surface area contributed by atoms with Crippen molar-refractivity contribution in [2.75, 3.05) is 27.9 Å². The largest absolute Gasteiger partial charge is 0.497 e. The third kappa shape index (κ3) is 9.98. The summed E-state index contributed by atoms with van der Waals surface area (Å²) in [5, 5.41) is 0. The van der Waals surface area contributed by atoms with Crippen molar-refractivity contribution < 1.29 is 38.0 Å². The first-order valence-electron chi connectivity index (χ1n) is 16.2. The lowest BCUT2D eigenvalue weighted by molar-refractivity contribution is -0.286. The molecule has 0 radical (unpaired) electrons. The second-order valence-electron chi connectivity index (χ2n) is 12.4. The lowest BCUT2D eigenvalue weighted by Gasteiger charge is -2.47. The maximum Gasteiger partial charge on any atom is 0.237 e. The molecule has 0 bridgehead atoms. The molecule has 0 N–H and O–H groups in total. The maximum absolute atomic E-state index is 13.5. The molecule has 0 amide bonds. The standard InChI is InChI=1S/C39H50O8/c1-29(45-27-30-11-8-7-9-12-30)36(46-28-32-15-19-34(42-5)20-16-32)25-35-21-22-37(40)39(43-6,47-35)38(2,3)23-10-24-44-26-31-13-17-33(41-4)18-14-31/h7-20,23,29,35-36H,21-22,24-28H2,1-6H3/b23-10+/t29?,35-,36+,39+/m0/s1. The number of benzene rings is 3. The highest BCUT2D eigenvalue weighted by Crippen LogP contribution is 2.43.